The van der Waals surface area contributed by atoms with Crippen LogP contribution in [0.1, 0.15) is 45.9 Å². The van der Waals surface area contributed by atoms with Gasteiger partial charge in [0.05, 0.1) is 17.7 Å². The molecule has 0 fully saturated rings. The van der Waals surface area contributed by atoms with Crippen LogP contribution in [-0.4, -0.2) is 31.5 Å². The van der Waals surface area contributed by atoms with Crippen LogP contribution in [0.15, 0.2) is 41.3 Å². The van der Waals surface area contributed by atoms with Crippen molar-refractivity contribution in [3.8, 4) is 21.9 Å². The molecule has 1 amide bonds. The second kappa shape index (κ2) is 10.5. The molecule has 1 heterocycles. The van der Waals surface area contributed by atoms with E-state index in [1.54, 1.807) is 18.2 Å². The van der Waals surface area contributed by atoms with Crippen molar-refractivity contribution >= 4 is 38.1 Å². The second-order valence-corrected chi connectivity index (χ2v) is 12.7. The molecule has 36 heavy (non-hydrogen) atoms. The highest BCUT2D eigenvalue weighted by Crippen LogP contribution is 2.37. The van der Waals surface area contributed by atoms with E-state index >= 15 is 0 Å². The number of amides is 1. The molecule has 3 N–H and O–H groups in total. The first-order valence-corrected chi connectivity index (χ1v) is 13.8. The van der Waals surface area contributed by atoms with Crippen molar-refractivity contribution in [3.63, 3.8) is 0 Å². The number of thiazole rings is 1. The van der Waals surface area contributed by atoms with Crippen LogP contribution in [0.25, 0.3) is 10.4 Å². The molecule has 3 rings (SSSR count). The number of hydrogen-bond donors (Lipinski definition) is 3. The maximum absolute atomic E-state index is 13.4. The predicted octanol–water partition coefficient (Wildman–Crippen LogP) is 5.82. The number of carbonyl (C=O) groups excluding carboxylic acids is 1. The highest BCUT2D eigenvalue weighted by molar-refractivity contribution is 7.92. The van der Waals surface area contributed by atoms with Crippen molar-refractivity contribution < 1.29 is 23.1 Å². The molecular weight excluding hydrogens is 498 g/mol. The molecule has 1 aromatic heterocycles. The topological polar surface area (TPSA) is 118 Å². The summed E-state index contributed by atoms with van der Waals surface area (Å²) in [5, 5.41) is 13.4. The number of nitrogens with one attached hydrogen (secondary N) is 2. The molecule has 0 radical (unpaired) electrons. The number of aromatic hydroxyl groups is 1. The number of aryl methyl sites for hydroxylation is 1. The van der Waals surface area contributed by atoms with Crippen LogP contribution in [-0.2, 0) is 21.2 Å². The summed E-state index contributed by atoms with van der Waals surface area (Å²) < 4.78 is 34.8. The van der Waals surface area contributed by atoms with Gasteiger partial charge in [0, 0.05) is 11.1 Å². The second-order valence-electron chi connectivity index (χ2n) is 10.1. The number of ether oxygens (including phenoxy) is 1. The number of phenols is 1. The first-order valence-electron chi connectivity index (χ1n) is 11.5. The Morgan fingerprint density at radius 3 is 2.47 bits per heavy atom. The van der Waals surface area contributed by atoms with Crippen molar-refractivity contribution in [2.75, 3.05) is 17.1 Å². The number of benzene rings is 2. The average molecular weight is 532 g/mol. The normalized spacial score (nSPS) is 12.0. The number of rotatable bonds is 8. The van der Waals surface area contributed by atoms with E-state index in [1.165, 1.54) is 36.6 Å². The van der Waals surface area contributed by atoms with Crippen molar-refractivity contribution in [2.24, 2.45) is 11.3 Å². The van der Waals surface area contributed by atoms with E-state index in [0.717, 1.165) is 4.88 Å². The fourth-order valence-electron chi connectivity index (χ4n) is 3.49. The van der Waals surface area contributed by atoms with Crippen LogP contribution >= 0.6 is 11.3 Å². The number of nitrogens with zero attached hydrogens (tertiary/aromatic N) is 1. The third-order valence-electron chi connectivity index (χ3n) is 5.37. The molecule has 0 aliphatic rings. The molecular formula is C26H33N3O5S2. The summed E-state index contributed by atoms with van der Waals surface area (Å²) in [4.78, 5) is 17.5. The molecule has 0 aliphatic carbocycles. The summed E-state index contributed by atoms with van der Waals surface area (Å²) in [6.07, 6.45) is 0.610. The van der Waals surface area contributed by atoms with Gasteiger partial charge in [0.1, 0.15) is 16.4 Å². The van der Waals surface area contributed by atoms with Crippen LogP contribution in [0.3, 0.4) is 0 Å². The lowest BCUT2D eigenvalue weighted by Crippen LogP contribution is -2.27. The molecule has 0 atom stereocenters. The molecule has 10 heteroatoms. The lowest BCUT2D eigenvalue weighted by atomic mass is 9.96. The average Bonchev–Trinajstić information content (AvgIpc) is 3.14. The summed E-state index contributed by atoms with van der Waals surface area (Å²) >= 11 is 1.28. The summed E-state index contributed by atoms with van der Waals surface area (Å²) in [7, 11) is -2.62. The molecule has 3 aromatic rings. The van der Waals surface area contributed by atoms with Crippen LogP contribution in [0.5, 0.6) is 11.5 Å². The fraction of sp³-hybridized carbons (Fsp3) is 0.385. The minimum Gasteiger partial charge on any atom is -0.508 e. The van der Waals surface area contributed by atoms with Crippen molar-refractivity contribution in [1.29, 1.82) is 0 Å². The molecule has 2 aromatic carbocycles. The van der Waals surface area contributed by atoms with Gasteiger partial charge in [0.25, 0.3) is 10.0 Å². The third-order valence-corrected chi connectivity index (χ3v) is 7.90. The number of anilines is 2. The number of carbonyl (C=O) groups is 1. The Morgan fingerprint density at radius 1 is 1.17 bits per heavy atom. The molecule has 0 saturated heterocycles. The number of phenolic OH excluding ortho intramolecular Hbond substituents is 1. The fourth-order valence-corrected chi connectivity index (χ4v) is 5.70. The van der Waals surface area contributed by atoms with Crippen molar-refractivity contribution in [3.05, 3.63) is 47.7 Å². The zero-order chi connectivity index (χ0) is 26.8. The van der Waals surface area contributed by atoms with Gasteiger partial charge in [-0.25, -0.2) is 13.4 Å². The van der Waals surface area contributed by atoms with E-state index in [2.05, 4.69) is 15.0 Å². The van der Waals surface area contributed by atoms with Crippen LogP contribution in [0.4, 0.5) is 10.8 Å². The Kier molecular flexibility index (Phi) is 8.00. The molecule has 0 unspecified atom stereocenters. The number of hydrogen-bond acceptors (Lipinski definition) is 7. The van der Waals surface area contributed by atoms with E-state index in [4.69, 9.17) is 4.74 Å². The lowest BCUT2D eigenvalue weighted by Gasteiger charge is -2.16. The zero-order valence-electron chi connectivity index (χ0n) is 21.6. The first kappa shape index (κ1) is 27.5. The van der Waals surface area contributed by atoms with Gasteiger partial charge < -0.3 is 15.2 Å². The summed E-state index contributed by atoms with van der Waals surface area (Å²) in [6, 6.07) is 9.53. The maximum atomic E-state index is 13.4. The predicted molar refractivity (Wildman–Crippen MR) is 144 cm³/mol. The zero-order valence-corrected chi connectivity index (χ0v) is 23.2. The van der Waals surface area contributed by atoms with E-state index in [0.29, 0.717) is 40.0 Å². The van der Waals surface area contributed by atoms with E-state index in [-0.39, 0.29) is 22.3 Å². The summed E-state index contributed by atoms with van der Waals surface area (Å²) in [5.74, 6) is 0.452. The Hall–Kier alpha value is -3.11. The highest BCUT2D eigenvalue weighted by atomic mass is 32.2. The number of aromatic nitrogens is 1. The Balaban J connectivity index is 1.97. The molecule has 0 bridgehead atoms. The van der Waals surface area contributed by atoms with Crippen molar-refractivity contribution in [2.45, 2.75) is 52.9 Å². The number of sulfonamides is 1. The maximum Gasteiger partial charge on any atom is 0.265 e. The van der Waals surface area contributed by atoms with Crippen LogP contribution < -0.4 is 14.8 Å². The Labute approximate surface area is 216 Å². The molecule has 8 nitrogen and oxygen atoms in total. The first-order chi connectivity index (χ1) is 16.7. The van der Waals surface area contributed by atoms with Gasteiger partial charge in [0.2, 0.25) is 5.91 Å². The Bertz CT molecular complexity index is 1370. The van der Waals surface area contributed by atoms with E-state index < -0.39 is 15.4 Å². The summed E-state index contributed by atoms with van der Waals surface area (Å²) in [6.45, 7) is 11.3. The SMILES string of the molecule is COc1ccc(-c2sc(NC(=O)C(C)(C)C)nc2C)cc1S(=O)(=O)Nc1ccc(O)c(CC(C)C)c1. The minimum atomic E-state index is -4.03. The Morgan fingerprint density at radius 2 is 1.86 bits per heavy atom. The largest absolute Gasteiger partial charge is 0.508 e. The van der Waals surface area contributed by atoms with Gasteiger partial charge in [-0.2, -0.15) is 0 Å². The summed E-state index contributed by atoms with van der Waals surface area (Å²) in [5.41, 5.74) is 1.74. The van der Waals surface area contributed by atoms with Crippen LogP contribution in [0, 0.1) is 18.3 Å². The van der Waals surface area contributed by atoms with Crippen LogP contribution in [0.2, 0.25) is 0 Å². The quantitative estimate of drug-likeness (QED) is 0.316. The highest BCUT2D eigenvalue weighted by Gasteiger charge is 2.25. The van der Waals surface area contributed by atoms with E-state index in [1.807, 2.05) is 41.5 Å². The van der Waals surface area contributed by atoms with Crippen molar-refractivity contribution in [1.82, 2.24) is 4.98 Å². The lowest BCUT2D eigenvalue weighted by molar-refractivity contribution is -0.123. The molecule has 194 valence electrons. The monoisotopic (exact) mass is 531 g/mol. The smallest absolute Gasteiger partial charge is 0.265 e. The minimum absolute atomic E-state index is 0.0333. The number of methoxy groups -OCH3 is 1. The molecule has 0 spiro atoms. The van der Waals surface area contributed by atoms with Gasteiger partial charge in [-0.15, -0.1) is 0 Å². The van der Waals surface area contributed by atoms with Gasteiger partial charge in [-0.3, -0.25) is 9.52 Å². The van der Waals surface area contributed by atoms with Gasteiger partial charge >= 0.3 is 0 Å². The molecule has 0 aliphatic heterocycles. The standard InChI is InChI=1S/C26H33N3O5S2/c1-15(2)12-18-13-19(9-10-20(18)30)29-36(32,33)22-14-17(8-11-21(22)34-7)23-16(3)27-25(35-23)28-24(31)26(4,5)6/h8-11,13-15,29-30H,12H2,1-7H3,(H,27,28,31). The molecule has 0 saturated carbocycles. The van der Waals surface area contributed by atoms with Gasteiger partial charge in [0.15, 0.2) is 5.13 Å². The van der Waals surface area contributed by atoms with E-state index in [9.17, 15) is 18.3 Å². The van der Waals surface area contributed by atoms with Gasteiger partial charge in [-0.05, 0) is 66.8 Å². The third kappa shape index (κ3) is 6.36. The van der Waals surface area contributed by atoms with Gasteiger partial charge in [-0.1, -0.05) is 46.0 Å².